The number of benzene rings is 2. The van der Waals surface area contributed by atoms with Crippen molar-refractivity contribution < 1.29 is 35.8 Å². The highest BCUT2D eigenvalue weighted by molar-refractivity contribution is 7.89. The zero-order chi connectivity index (χ0) is 26.4. The Labute approximate surface area is 214 Å². The number of hydrogen-bond acceptors (Lipinski definition) is 6. The lowest BCUT2D eigenvalue weighted by Crippen LogP contribution is -2.38. The van der Waals surface area contributed by atoms with Crippen molar-refractivity contribution in [3.05, 3.63) is 62.9 Å². The van der Waals surface area contributed by atoms with Crippen LogP contribution in [0.2, 0.25) is 5.02 Å². The van der Waals surface area contributed by atoms with E-state index in [-0.39, 0.29) is 17.1 Å². The summed E-state index contributed by atoms with van der Waals surface area (Å²) < 4.78 is 85.0. The van der Waals surface area contributed by atoms with Gasteiger partial charge in [-0.05, 0) is 43.2 Å². The fourth-order valence-corrected chi connectivity index (χ4v) is 6.33. The van der Waals surface area contributed by atoms with Gasteiger partial charge in [0.1, 0.15) is 18.1 Å². The molecule has 0 amide bonds. The van der Waals surface area contributed by atoms with Crippen LogP contribution in [0.5, 0.6) is 11.5 Å². The summed E-state index contributed by atoms with van der Waals surface area (Å²) in [6.45, 7) is 0.601. The molecular weight excluding hydrogens is 537 g/mol. The summed E-state index contributed by atoms with van der Waals surface area (Å²) in [4.78, 5) is 15.0. The second-order valence-corrected chi connectivity index (χ2v) is 11.1. The van der Waals surface area contributed by atoms with Crippen molar-refractivity contribution in [2.45, 2.75) is 36.6 Å². The number of nitrogens with zero attached hydrogens (tertiary/aromatic N) is 1. The van der Waals surface area contributed by atoms with Crippen molar-refractivity contribution in [1.29, 1.82) is 0 Å². The van der Waals surface area contributed by atoms with Crippen molar-refractivity contribution in [2.24, 2.45) is 0 Å². The average Bonchev–Trinajstić information content (AvgIpc) is 3.35. The fourth-order valence-electron chi connectivity index (χ4n) is 4.38. The molecule has 1 unspecified atom stereocenters. The Balaban J connectivity index is 1.56. The van der Waals surface area contributed by atoms with E-state index >= 15 is 0 Å². The first-order chi connectivity index (χ1) is 17.5. The normalized spacial score (nSPS) is 18.0. The molecule has 2 aromatic carbocycles. The van der Waals surface area contributed by atoms with Crippen molar-refractivity contribution >= 4 is 32.5 Å². The number of H-pyrrole nitrogens is 1. The van der Waals surface area contributed by atoms with Gasteiger partial charge >= 0.3 is 6.18 Å². The van der Waals surface area contributed by atoms with E-state index in [0.29, 0.717) is 67.2 Å². The SMILES string of the molecule is O=c1[nH]c2cc3c(cc2cc1CN(CC1CCCO1)S(=O)(=O)c1cc(C(F)(F)F)ccc1Cl)OCCO3. The lowest BCUT2D eigenvalue weighted by Gasteiger charge is -2.26. The number of sulfonamides is 1. The van der Waals surface area contributed by atoms with E-state index in [1.807, 2.05) is 0 Å². The van der Waals surface area contributed by atoms with Gasteiger partial charge in [0.2, 0.25) is 10.0 Å². The summed E-state index contributed by atoms with van der Waals surface area (Å²) in [7, 11) is -4.56. The van der Waals surface area contributed by atoms with Crippen molar-refractivity contribution in [3.63, 3.8) is 0 Å². The molecule has 37 heavy (non-hydrogen) atoms. The molecular formula is C24H22ClF3N2O6S. The summed E-state index contributed by atoms with van der Waals surface area (Å²) in [5.74, 6) is 0.959. The Morgan fingerprint density at radius 2 is 1.78 bits per heavy atom. The number of aromatic amines is 1. The minimum Gasteiger partial charge on any atom is -0.486 e. The van der Waals surface area contributed by atoms with Gasteiger partial charge in [-0.2, -0.15) is 17.5 Å². The van der Waals surface area contributed by atoms with Gasteiger partial charge in [0.05, 0.1) is 22.2 Å². The van der Waals surface area contributed by atoms with Crippen LogP contribution in [0.25, 0.3) is 10.9 Å². The molecule has 1 fully saturated rings. The van der Waals surface area contributed by atoms with Crippen LogP contribution < -0.4 is 15.0 Å². The highest BCUT2D eigenvalue weighted by Gasteiger charge is 2.36. The maximum Gasteiger partial charge on any atom is 0.416 e. The van der Waals surface area contributed by atoms with Gasteiger partial charge in [-0.3, -0.25) is 4.79 Å². The van der Waals surface area contributed by atoms with E-state index in [2.05, 4.69) is 4.98 Å². The largest absolute Gasteiger partial charge is 0.486 e. The number of nitrogens with one attached hydrogen (secondary N) is 1. The summed E-state index contributed by atoms with van der Waals surface area (Å²) in [6, 6.07) is 6.94. The monoisotopic (exact) mass is 558 g/mol. The second-order valence-electron chi connectivity index (χ2n) is 8.78. The molecule has 0 radical (unpaired) electrons. The van der Waals surface area contributed by atoms with E-state index < -0.39 is 44.9 Å². The molecule has 8 nitrogen and oxygen atoms in total. The second kappa shape index (κ2) is 9.82. The van der Waals surface area contributed by atoms with Crippen LogP contribution in [0.1, 0.15) is 24.0 Å². The smallest absolute Gasteiger partial charge is 0.416 e. The fraction of sp³-hybridized carbons (Fsp3) is 0.375. The average molecular weight is 559 g/mol. The topological polar surface area (TPSA) is 97.9 Å². The minimum atomic E-state index is -4.77. The third-order valence-electron chi connectivity index (χ3n) is 6.24. The van der Waals surface area contributed by atoms with Crippen molar-refractivity contribution in [3.8, 4) is 11.5 Å². The van der Waals surface area contributed by atoms with Gasteiger partial charge in [-0.1, -0.05) is 11.6 Å². The number of pyridine rings is 1. The lowest BCUT2D eigenvalue weighted by molar-refractivity contribution is -0.137. The maximum atomic E-state index is 13.7. The Hall–Kier alpha value is -2.80. The van der Waals surface area contributed by atoms with Crippen LogP contribution in [0.3, 0.4) is 0 Å². The quantitative estimate of drug-likeness (QED) is 0.483. The molecule has 3 aromatic rings. The van der Waals surface area contributed by atoms with Crippen molar-refractivity contribution in [1.82, 2.24) is 9.29 Å². The molecule has 0 saturated carbocycles. The Kier molecular flexibility index (Phi) is 6.86. The Morgan fingerprint density at radius 3 is 2.46 bits per heavy atom. The van der Waals surface area contributed by atoms with Gasteiger partial charge in [-0.15, -0.1) is 0 Å². The molecule has 1 saturated heterocycles. The number of rotatable bonds is 6. The highest BCUT2D eigenvalue weighted by Crippen LogP contribution is 2.36. The Morgan fingerprint density at radius 1 is 1.05 bits per heavy atom. The molecule has 0 bridgehead atoms. The number of ether oxygens (including phenoxy) is 3. The third kappa shape index (κ3) is 5.28. The molecule has 1 atom stereocenters. The van der Waals surface area contributed by atoms with Gasteiger partial charge < -0.3 is 19.2 Å². The highest BCUT2D eigenvalue weighted by atomic mass is 35.5. The molecule has 13 heteroatoms. The van der Waals surface area contributed by atoms with Gasteiger partial charge in [0, 0.05) is 36.7 Å². The van der Waals surface area contributed by atoms with Crippen LogP contribution in [-0.4, -0.2) is 50.2 Å². The minimum absolute atomic E-state index is 0.0915. The molecule has 1 aromatic heterocycles. The van der Waals surface area contributed by atoms with Gasteiger partial charge in [0.25, 0.3) is 5.56 Å². The third-order valence-corrected chi connectivity index (χ3v) is 8.53. The van der Waals surface area contributed by atoms with E-state index in [9.17, 15) is 26.4 Å². The Bertz CT molecular complexity index is 1500. The summed E-state index contributed by atoms with van der Waals surface area (Å²) in [5, 5.41) is 0.215. The summed E-state index contributed by atoms with van der Waals surface area (Å²) >= 11 is 6.07. The predicted octanol–water partition coefficient (Wildman–Crippen LogP) is 4.34. The number of alkyl halides is 3. The van der Waals surface area contributed by atoms with Crippen molar-refractivity contribution in [2.75, 3.05) is 26.4 Å². The zero-order valence-corrected chi connectivity index (χ0v) is 20.9. The number of aromatic nitrogens is 1. The van der Waals surface area contributed by atoms with E-state index in [1.54, 1.807) is 12.1 Å². The molecule has 0 spiro atoms. The standard InChI is InChI=1S/C24H22ClF3N2O6S/c25-18-4-3-16(24(26,27)28)10-22(18)37(32,33)30(13-17-2-1-5-34-17)12-15-8-14-9-20-21(36-7-6-35-20)11-19(14)29-23(15)31/h3-4,8-11,17H,1-2,5-7,12-13H2,(H,29,31). The molecule has 2 aliphatic heterocycles. The van der Waals surface area contributed by atoms with Crippen LogP contribution in [0.15, 0.2) is 46.1 Å². The van der Waals surface area contributed by atoms with Gasteiger partial charge in [-0.25, -0.2) is 8.42 Å². The van der Waals surface area contributed by atoms with Crippen LogP contribution in [-0.2, 0) is 27.5 Å². The maximum absolute atomic E-state index is 13.7. The first kappa shape index (κ1) is 25.8. The molecule has 3 heterocycles. The number of fused-ring (bicyclic) bond motifs is 2. The molecule has 5 rings (SSSR count). The lowest BCUT2D eigenvalue weighted by atomic mass is 10.1. The molecule has 2 aliphatic rings. The van der Waals surface area contributed by atoms with Crippen LogP contribution in [0.4, 0.5) is 13.2 Å². The van der Waals surface area contributed by atoms with E-state index in [0.717, 1.165) is 10.4 Å². The number of hydrogen-bond donors (Lipinski definition) is 1. The zero-order valence-electron chi connectivity index (χ0n) is 19.3. The summed E-state index contributed by atoms with van der Waals surface area (Å²) in [5.41, 5.74) is -1.14. The first-order valence-corrected chi connectivity index (χ1v) is 13.3. The summed E-state index contributed by atoms with van der Waals surface area (Å²) in [6.07, 6.45) is -3.96. The van der Waals surface area contributed by atoms with Crippen LogP contribution >= 0.6 is 11.6 Å². The van der Waals surface area contributed by atoms with Gasteiger partial charge in [0.15, 0.2) is 11.5 Å². The molecule has 0 aliphatic carbocycles. The molecule has 198 valence electrons. The predicted molar refractivity (Wildman–Crippen MR) is 129 cm³/mol. The van der Waals surface area contributed by atoms with Crippen LogP contribution in [0, 0.1) is 0 Å². The van der Waals surface area contributed by atoms with E-state index in [1.165, 1.54) is 6.07 Å². The molecule has 1 N–H and O–H groups in total. The number of halogens is 4. The first-order valence-electron chi connectivity index (χ1n) is 11.5. The van der Waals surface area contributed by atoms with E-state index in [4.69, 9.17) is 25.8 Å².